The summed E-state index contributed by atoms with van der Waals surface area (Å²) in [6.07, 6.45) is -95.8. The maximum atomic E-state index is 13.2. The zero-order valence-electron chi connectivity index (χ0n) is 65.7. The van der Waals surface area contributed by atoms with Crippen LogP contribution in [0.25, 0.3) is 0 Å². The van der Waals surface area contributed by atoms with E-state index in [-0.39, 0.29) is 0 Å². The molecule has 0 saturated carbocycles. The molecule has 10 rings (SSSR count). The van der Waals surface area contributed by atoms with Gasteiger partial charge in [0.2, 0.25) is 23.6 Å². The van der Waals surface area contributed by atoms with Crippen LogP contribution in [0.1, 0.15) is 34.6 Å². The Labute approximate surface area is 691 Å². The zero-order chi connectivity index (χ0) is 89.8. The number of carbonyl (C=O) groups excluding carboxylic acids is 4. The number of aliphatic hydroxyl groups excluding tert-OH is 27. The van der Waals surface area contributed by atoms with Gasteiger partial charge in [0.1, 0.15) is 238 Å². The molecule has 10 saturated heterocycles. The van der Waals surface area contributed by atoms with Crippen molar-refractivity contribution in [3.63, 3.8) is 0 Å². The molecule has 122 heavy (non-hydrogen) atoms. The molecule has 0 unspecified atom stereocenters. The fraction of sp³-hybridized carbons (Fsp3) is 0.941. The highest BCUT2D eigenvalue weighted by molar-refractivity contribution is 5.74. The third kappa shape index (κ3) is 21.9. The van der Waals surface area contributed by atoms with E-state index in [0.717, 1.165) is 27.7 Å². The molecule has 54 heteroatoms. The molecule has 0 aromatic rings. The van der Waals surface area contributed by atoms with Crippen molar-refractivity contribution in [1.29, 1.82) is 0 Å². The number of carbonyl (C=O) groups is 4. The minimum Gasteiger partial charge on any atom is -0.394 e. The van der Waals surface area contributed by atoms with Gasteiger partial charge < -0.3 is 249 Å². The second-order valence-corrected chi connectivity index (χ2v) is 31.0. The molecule has 10 aliphatic rings. The molecule has 706 valence electrons. The van der Waals surface area contributed by atoms with Crippen LogP contribution in [0.3, 0.4) is 0 Å². The lowest BCUT2D eigenvalue weighted by Crippen LogP contribution is -2.71. The zero-order valence-corrected chi connectivity index (χ0v) is 65.7. The van der Waals surface area contributed by atoms with Crippen LogP contribution in [0.5, 0.6) is 0 Å². The second kappa shape index (κ2) is 43.6. The van der Waals surface area contributed by atoms with Crippen molar-refractivity contribution < 1.29 is 247 Å². The topological polar surface area (TPSA) is 838 Å². The molecule has 4 amide bonds. The first kappa shape index (κ1) is 100. The summed E-state index contributed by atoms with van der Waals surface area (Å²) in [5, 5.41) is 311. The van der Waals surface area contributed by atoms with Gasteiger partial charge in [0.15, 0.2) is 62.9 Å². The van der Waals surface area contributed by atoms with Gasteiger partial charge in [-0.15, -0.1) is 0 Å². The largest absolute Gasteiger partial charge is 0.394 e. The predicted molar refractivity (Wildman–Crippen MR) is 375 cm³/mol. The fourth-order valence-corrected chi connectivity index (χ4v) is 15.9. The van der Waals surface area contributed by atoms with Gasteiger partial charge in [-0.25, -0.2) is 0 Å². The Kier molecular flexibility index (Phi) is 35.8. The van der Waals surface area contributed by atoms with Gasteiger partial charge >= 0.3 is 0 Å². The minimum absolute atomic E-state index is 0.799. The number of rotatable bonds is 31. The van der Waals surface area contributed by atoms with Gasteiger partial charge in [-0.2, -0.15) is 0 Å². The first-order chi connectivity index (χ1) is 57.7. The summed E-state index contributed by atoms with van der Waals surface area (Å²) in [6.45, 7) is -5.11. The summed E-state index contributed by atoms with van der Waals surface area (Å²) >= 11 is 0. The van der Waals surface area contributed by atoms with Crippen molar-refractivity contribution >= 4 is 23.6 Å². The van der Waals surface area contributed by atoms with E-state index >= 15 is 0 Å². The smallest absolute Gasteiger partial charge is 0.217 e. The number of nitrogens with one attached hydrogen (secondary N) is 4. The lowest BCUT2D eigenvalue weighted by atomic mass is 9.93. The SMILES string of the molecule is CC(=O)N[C@@H]1[C@@H](O)[C@H](O[C@@H]2O[C@H](CO)[C@@H](O[C@@H]3O[C@H](CO[C@H]4O[C@H](CO)[C@@H](O)[C@H](O)[C@@H]4O[C@@H]4O[C@H](CO)[C@@H](O[C@@H]5O[C@H](CO)[C@H](O)[C@H](O)[C@H]5O)[C@H](O)[C@H]4NC(C)=O)[C@@H](O)[C@H](O[C@H]4O[C@H](CO)[C@@H](O)[C@H](O)[C@@H]4O[C@@H]4O[C@H](CO)[C@@H](O[C@@H]5O[C@H](CO)[C@H](O)[C@H](O)[C@H]5O[C@@H]5O[C@@H](C)[C@@H](O)[C@@H](O)[C@@H]5O)[C@H](O)[C@H]4NC(C)=O)[C@@H]3O)[C@H](O)[C@H]2NC(C)=O)[C@@H](CO)O[C@H]1O. The fourth-order valence-electron chi connectivity index (χ4n) is 15.9. The Bertz CT molecular complexity index is 3290. The molecule has 0 aromatic carbocycles. The van der Waals surface area contributed by atoms with E-state index in [1.165, 1.54) is 6.92 Å². The van der Waals surface area contributed by atoms with Crippen LogP contribution in [0, 0.1) is 0 Å². The van der Waals surface area contributed by atoms with Gasteiger partial charge in [-0.05, 0) is 6.92 Å². The molecule has 31 N–H and O–H groups in total. The average Bonchev–Trinajstić information content (AvgIpc) is 0.782. The number of ether oxygens (including phenoxy) is 19. The van der Waals surface area contributed by atoms with Crippen molar-refractivity contribution in [2.75, 3.05) is 59.5 Å². The summed E-state index contributed by atoms with van der Waals surface area (Å²) in [5.74, 6) is -3.71. The van der Waals surface area contributed by atoms with E-state index in [1.54, 1.807) is 0 Å². The van der Waals surface area contributed by atoms with Crippen LogP contribution in [0.2, 0.25) is 0 Å². The van der Waals surface area contributed by atoms with Crippen LogP contribution >= 0.6 is 0 Å². The van der Waals surface area contributed by atoms with Gasteiger partial charge in [0, 0.05) is 27.7 Å². The van der Waals surface area contributed by atoms with Crippen LogP contribution < -0.4 is 21.3 Å². The van der Waals surface area contributed by atoms with Crippen molar-refractivity contribution in [3.05, 3.63) is 0 Å². The lowest BCUT2D eigenvalue weighted by Gasteiger charge is -2.51. The third-order valence-corrected chi connectivity index (χ3v) is 22.4. The van der Waals surface area contributed by atoms with E-state index in [1.807, 2.05) is 0 Å². The van der Waals surface area contributed by atoms with E-state index in [0.29, 0.717) is 0 Å². The highest BCUT2D eigenvalue weighted by Gasteiger charge is 2.62. The summed E-state index contributed by atoms with van der Waals surface area (Å²) in [6, 6.07) is -7.59. The first-order valence-corrected chi connectivity index (χ1v) is 39.0. The molecular weight excluding hydrogens is 1670 g/mol. The molecule has 54 nitrogen and oxygen atoms in total. The van der Waals surface area contributed by atoms with Crippen LogP contribution in [-0.4, -0.2) is 528 Å². The maximum absolute atomic E-state index is 13.2. The van der Waals surface area contributed by atoms with Gasteiger partial charge in [0.25, 0.3) is 0 Å². The van der Waals surface area contributed by atoms with Gasteiger partial charge in [0.05, 0.1) is 65.6 Å². The molecule has 0 aromatic heterocycles. The average molecular weight is 1790 g/mol. The highest BCUT2D eigenvalue weighted by atomic mass is 16.8. The van der Waals surface area contributed by atoms with Crippen LogP contribution in [-0.2, 0) is 109 Å². The van der Waals surface area contributed by atoms with Crippen molar-refractivity contribution in [3.8, 4) is 0 Å². The summed E-state index contributed by atoms with van der Waals surface area (Å²) in [7, 11) is 0. The molecule has 10 heterocycles. The maximum Gasteiger partial charge on any atom is 0.217 e. The number of hydrogen-bond donors (Lipinski definition) is 31. The van der Waals surface area contributed by atoms with Crippen LogP contribution in [0.4, 0.5) is 0 Å². The Hall–Kier alpha value is -3.96. The monoisotopic (exact) mass is 1790 g/mol. The molecule has 0 spiro atoms. The van der Waals surface area contributed by atoms with Gasteiger partial charge in [-0.3, -0.25) is 19.2 Å². The highest BCUT2D eigenvalue weighted by Crippen LogP contribution is 2.41. The third-order valence-electron chi connectivity index (χ3n) is 22.4. The summed E-state index contributed by atoms with van der Waals surface area (Å²) in [5.41, 5.74) is 0. The quantitative estimate of drug-likeness (QED) is 0.0306. The molecular formula is C68H114N4O50. The number of aliphatic hydroxyl groups is 27. The number of amides is 4. The van der Waals surface area contributed by atoms with Gasteiger partial charge in [-0.1, -0.05) is 0 Å². The van der Waals surface area contributed by atoms with Crippen molar-refractivity contribution in [1.82, 2.24) is 21.3 Å². The minimum atomic E-state index is -2.62. The molecule has 0 bridgehead atoms. The first-order valence-electron chi connectivity index (χ1n) is 39.0. The Balaban J connectivity index is 0.978. The Morgan fingerprint density at radius 1 is 0.230 bits per heavy atom. The van der Waals surface area contributed by atoms with Crippen molar-refractivity contribution in [2.24, 2.45) is 0 Å². The van der Waals surface area contributed by atoms with E-state index in [2.05, 4.69) is 21.3 Å². The van der Waals surface area contributed by atoms with E-state index in [9.17, 15) is 157 Å². The molecule has 0 aliphatic carbocycles. The molecule has 10 aliphatic heterocycles. The Morgan fingerprint density at radius 2 is 0.484 bits per heavy atom. The predicted octanol–water partition coefficient (Wildman–Crippen LogP) is -21.2. The molecule has 10 fully saturated rings. The summed E-state index contributed by atoms with van der Waals surface area (Å²) in [4.78, 5) is 51.4. The molecule has 0 radical (unpaired) electrons. The van der Waals surface area contributed by atoms with E-state index in [4.69, 9.17) is 90.0 Å². The summed E-state index contributed by atoms with van der Waals surface area (Å²) < 4.78 is 113. The normalized spacial score (nSPS) is 49.7. The van der Waals surface area contributed by atoms with E-state index < -0.39 is 390 Å². The standard InChI is InChI=1S/C68H114N4O50/c1-15-33(85)43(95)48(100)63(105-15)122-58-47(99)37(89)22(8-75)109-67(58)118-54-27(13-80)113-62(32(42(54)94)72-19(5)84)121-57-46(98)36(88)23(9-76)110-68(57)119-55-38(90)28(114-65(50(55)102)117-53-26(12-79)111-60(30(40(53)92)70-17(3)82)115-51-24(10-77)106-59(103)29(39(51)91)69-16(2)81)14-104-66-56(45(97)35(87)21(7-74)108-66)120-61-31(71-18(4)83)41(93)52(25(11-78)112-61)116-64-49(101)44(96)34(86)20(6-73)107-64/h15,20-68,73-80,85-103H,6-14H2,1-5H3,(H,69,81)(H,70,82)(H,71,83)(H,72,84)/t15-,20+,21+,22+,23+,24+,25+,26+,27+,28+,29+,30+,31+,32+,33+,34-,35+,36+,37-,38+,39+,40+,41+,42+,43+,44-,45-,46-,47-,48-,49+,50-,51+,52+,53+,54+,55-,56-,57-,58+,59+,60-,61-,62-,63-,64-,65-,66-,67-,68+/m0/s1. The Morgan fingerprint density at radius 3 is 0.861 bits per heavy atom. The van der Waals surface area contributed by atoms with Crippen LogP contribution in [0.15, 0.2) is 0 Å². The van der Waals surface area contributed by atoms with Crippen molar-refractivity contribution in [2.45, 2.75) is 341 Å². The molecule has 50 atom stereocenters. The number of hydrogen-bond acceptors (Lipinski definition) is 50. The second-order valence-electron chi connectivity index (χ2n) is 31.0. The lowest BCUT2D eigenvalue weighted by molar-refractivity contribution is -0.401.